The summed E-state index contributed by atoms with van der Waals surface area (Å²) in [5.41, 5.74) is 8.47. The van der Waals surface area contributed by atoms with Crippen LogP contribution in [0.15, 0.2) is 91.0 Å². The molecule has 1 aliphatic rings. The minimum atomic E-state index is -0.914. The molecule has 202 valence electrons. The molecule has 0 fully saturated rings. The molecule has 4 aromatic carbocycles. The first-order valence-corrected chi connectivity index (χ1v) is 14.0. The third-order valence-corrected chi connectivity index (χ3v) is 8.23. The number of aromatic nitrogens is 2. The Morgan fingerprint density at radius 1 is 0.925 bits per heavy atom. The Balaban J connectivity index is 1.38. The average molecular weight is 531 g/mol. The maximum absolute atomic E-state index is 11.8. The fourth-order valence-corrected chi connectivity index (χ4v) is 6.15. The van der Waals surface area contributed by atoms with Crippen LogP contribution in [-0.4, -0.2) is 26.3 Å². The fourth-order valence-electron chi connectivity index (χ4n) is 6.15. The van der Waals surface area contributed by atoms with Crippen LogP contribution in [-0.2, 0) is 13.6 Å². The van der Waals surface area contributed by atoms with Gasteiger partial charge in [-0.2, -0.15) is 0 Å². The summed E-state index contributed by atoms with van der Waals surface area (Å²) in [6, 6.07) is 30.3. The minimum Gasteiger partial charge on any atom is -0.478 e. The van der Waals surface area contributed by atoms with Crippen LogP contribution in [0.25, 0.3) is 33.5 Å². The van der Waals surface area contributed by atoms with Gasteiger partial charge >= 0.3 is 5.97 Å². The van der Waals surface area contributed by atoms with Gasteiger partial charge in [-0.25, -0.2) is 9.78 Å². The number of hydrogen-bond acceptors (Lipinski definition) is 4. The lowest BCUT2D eigenvalue weighted by Crippen LogP contribution is -2.50. The van der Waals surface area contributed by atoms with Gasteiger partial charge in [0.05, 0.1) is 28.0 Å². The topological polar surface area (TPSA) is 70.4 Å². The zero-order valence-corrected chi connectivity index (χ0v) is 23.2. The Morgan fingerprint density at radius 2 is 1.65 bits per heavy atom. The maximum atomic E-state index is 11.8. The Kier molecular flexibility index (Phi) is 6.54. The first kappa shape index (κ1) is 25.7. The molecule has 2 heterocycles. The van der Waals surface area contributed by atoms with Crippen molar-refractivity contribution >= 4 is 28.4 Å². The van der Waals surface area contributed by atoms with Crippen LogP contribution in [0.5, 0.6) is 0 Å². The molecule has 1 atom stereocenters. The molecular formula is C34H34N4O2. The van der Waals surface area contributed by atoms with Crippen LogP contribution in [0, 0.1) is 0 Å². The number of para-hydroxylation sites is 2. The van der Waals surface area contributed by atoms with Crippen molar-refractivity contribution in [2.45, 2.75) is 45.3 Å². The Morgan fingerprint density at radius 3 is 2.38 bits per heavy atom. The lowest BCUT2D eigenvalue weighted by Gasteiger charge is -2.40. The van der Waals surface area contributed by atoms with Crippen molar-refractivity contribution in [1.29, 1.82) is 0 Å². The number of aryl methyl sites for hydroxylation is 1. The van der Waals surface area contributed by atoms with Crippen molar-refractivity contribution in [3.63, 3.8) is 0 Å². The first-order valence-electron chi connectivity index (χ1n) is 14.0. The van der Waals surface area contributed by atoms with E-state index in [4.69, 9.17) is 4.98 Å². The third kappa shape index (κ3) is 4.30. The highest BCUT2D eigenvalue weighted by atomic mass is 16.4. The van der Waals surface area contributed by atoms with E-state index in [9.17, 15) is 9.90 Å². The van der Waals surface area contributed by atoms with E-state index in [1.54, 1.807) is 12.1 Å². The molecule has 0 amide bonds. The van der Waals surface area contributed by atoms with Gasteiger partial charge in [0.25, 0.3) is 0 Å². The van der Waals surface area contributed by atoms with Gasteiger partial charge < -0.3 is 19.9 Å². The second-order valence-electron chi connectivity index (χ2n) is 10.6. The Bertz CT molecular complexity index is 1710. The number of hydrogen-bond donors (Lipinski definition) is 2. The van der Waals surface area contributed by atoms with E-state index in [2.05, 4.69) is 78.1 Å². The van der Waals surface area contributed by atoms with Gasteiger partial charge in [0, 0.05) is 19.2 Å². The standard InChI is InChI=1S/C34H34N4O2/c1-4-20-34(5-2)36-29-19-18-25(32-35-28-12-8-9-13-30(28)37(32)3)21-31(29)38(34)22-23-14-16-24(17-15-23)26-10-6-7-11-27(26)33(39)40/h6-19,21,36H,4-5,20,22H2,1-3H3,(H,39,40). The van der Waals surface area contributed by atoms with Gasteiger partial charge in [-0.15, -0.1) is 0 Å². The summed E-state index contributed by atoms with van der Waals surface area (Å²) in [7, 11) is 2.07. The number of benzene rings is 4. The summed E-state index contributed by atoms with van der Waals surface area (Å²) < 4.78 is 2.16. The molecule has 6 rings (SSSR count). The molecule has 0 radical (unpaired) electrons. The summed E-state index contributed by atoms with van der Waals surface area (Å²) in [6.07, 6.45) is 3.04. The van der Waals surface area contributed by atoms with Crippen LogP contribution < -0.4 is 10.2 Å². The third-order valence-electron chi connectivity index (χ3n) is 8.23. The van der Waals surface area contributed by atoms with Crippen LogP contribution in [0.2, 0.25) is 0 Å². The van der Waals surface area contributed by atoms with E-state index in [0.29, 0.717) is 5.56 Å². The fraction of sp³-hybridized carbons (Fsp3) is 0.235. The van der Waals surface area contributed by atoms with Crippen LogP contribution in [0.3, 0.4) is 0 Å². The zero-order chi connectivity index (χ0) is 27.9. The molecule has 1 aromatic heterocycles. The smallest absolute Gasteiger partial charge is 0.336 e. The number of carboxylic acids is 1. The van der Waals surface area contributed by atoms with Gasteiger partial charge in [-0.05, 0) is 65.9 Å². The van der Waals surface area contributed by atoms with Crippen molar-refractivity contribution in [1.82, 2.24) is 9.55 Å². The molecule has 0 saturated carbocycles. The number of fused-ring (bicyclic) bond motifs is 2. The minimum absolute atomic E-state index is 0.184. The first-order chi connectivity index (χ1) is 19.4. The summed E-state index contributed by atoms with van der Waals surface area (Å²) in [5, 5.41) is 13.5. The highest BCUT2D eigenvalue weighted by molar-refractivity contribution is 5.96. The number of carbonyl (C=O) groups is 1. The normalized spacial score (nSPS) is 16.2. The molecule has 0 bridgehead atoms. The van der Waals surface area contributed by atoms with Crippen molar-refractivity contribution in [2.75, 3.05) is 10.2 Å². The quantitative estimate of drug-likeness (QED) is 0.213. The number of anilines is 2. The molecule has 5 aromatic rings. The number of imidazole rings is 1. The number of aromatic carboxylic acids is 1. The summed E-state index contributed by atoms with van der Waals surface area (Å²) in [4.78, 5) is 19.2. The van der Waals surface area contributed by atoms with Gasteiger partial charge in [0.2, 0.25) is 0 Å². The van der Waals surface area contributed by atoms with Crippen LogP contribution in [0.4, 0.5) is 11.4 Å². The monoisotopic (exact) mass is 530 g/mol. The number of nitrogens with one attached hydrogen (secondary N) is 1. The second kappa shape index (κ2) is 10.2. The molecule has 0 spiro atoms. The molecule has 0 aliphatic carbocycles. The van der Waals surface area contributed by atoms with Gasteiger partial charge in [0.1, 0.15) is 11.5 Å². The van der Waals surface area contributed by atoms with E-state index in [1.807, 2.05) is 36.4 Å². The summed E-state index contributed by atoms with van der Waals surface area (Å²) in [6.45, 7) is 5.22. The Hall–Kier alpha value is -4.58. The number of carboxylic acid groups (broad SMARTS) is 1. The Labute approximate surface area is 234 Å². The van der Waals surface area contributed by atoms with Crippen LogP contribution >= 0.6 is 0 Å². The van der Waals surface area contributed by atoms with Gasteiger partial charge in [0.15, 0.2) is 0 Å². The predicted octanol–water partition coefficient (Wildman–Crippen LogP) is 7.94. The lowest BCUT2D eigenvalue weighted by molar-refractivity contribution is 0.0697. The highest BCUT2D eigenvalue weighted by Gasteiger charge is 2.41. The largest absolute Gasteiger partial charge is 0.478 e. The highest BCUT2D eigenvalue weighted by Crippen LogP contribution is 2.46. The van der Waals surface area contributed by atoms with Crippen LogP contribution in [0.1, 0.15) is 49.0 Å². The van der Waals surface area contributed by atoms with Gasteiger partial charge in [-0.3, -0.25) is 0 Å². The molecule has 6 heteroatoms. The molecule has 6 nitrogen and oxygen atoms in total. The number of nitrogens with zero attached hydrogens (tertiary/aromatic N) is 3. The molecule has 40 heavy (non-hydrogen) atoms. The average Bonchev–Trinajstić information content (AvgIpc) is 3.48. The SMILES string of the molecule is CCCC1(CC)Nc2ccc(-c3nc4ccccc4n3C)cc2N1Cc1ccc(-c2ccccc2C(=O)O)cc1. The second-order valence-corrected chi connectivity index (χ2v) is 10.6. The molecule has 1 unspecified atom stereocenters. The maximum Gasteiger partial charge on any atom is 0.336 e. The van der Waals surface area contributed by atoms with Crippen molar-refractivity contribution in [3.05, 3.63) is 102 Å². The molecular weight excluding hydrogens is 496 g/mol. The van der Waals surface area contributed by atoms with E-state index in [0.717, 1.165) is 65.0 Å². The molecule has 0 saturated heterocycles. The van der Waals surface area contributed by atoms with Gasteiger partial charge in [-0.1, -0.05) is 74.9 Å². The zero-order valence-electron chi connectivity index (χ0n) is 23.2. The van der Waals surface area contributed by atoms with Crippen molar-refractivity contribution in [3.8, 4) is 22.5 Å². The molecule has 2 N–H and O–H groups in total. The predicted molar refractivity (Wildman–Crippen MR) is 163 cm³/mol. The van der Waals surface area contributed by atoms with Crippen molar-refractivity contribution < 1.29 is 9.90 Å². The summed E-state index contributed by atoms with van der Waals surface area (Å²) in [5.74, 6) is 0.0398. The number of rotatable bonds is 8. The summed E-state index contributed by atoms with van der Waals surface area (Å²) >= 11 is 0. The molecule has 1 aliphatic heterocycles. The van der Waals surface area contributed by atoms with E-state index >= 15 is 0 Å². The van der Waals surface area contributed by atoms with Crippen molar-refractivity contribution in [2.24, 2.45) is 7.05 Å². The van der Waals surface area contributed by atoms with E-state index in [1.165, 1.54) is 11.3 Å². The van der Waals surface area contributed by atoms with E-state index < -0.39 is 5.97 Å². The van der Waals surface area contributed by atoms with E-state index in [-0.39, 0.29) is 5.66 Å². The lowest BCUT2D eigenvalue weighted by atomic mass is 9.97.